The molecule has 0 aromatic heterocycles. The zero-order chi connectivity index (χ0) is 12.2. The third-order valence-electron chi connectivity index (χ3n) is 2.22. The van der Waals surface area contributed by atoms with Crippen molar-refractivity contribution < 1.29 is 13.2 Å². The van der Waals surface area contributed by atoms with Gasteiger partial charge in [-0.25, -0.2) is 0 Å². The van der Waals surface area contributed by atoms with Gasteiger partial charge in [-0.15, -0.1) is 0 Å². The highest BCUT2D eigenvalue weighted by atomic mass is 19.4. The second kappa shape index (κ2) is 5.23. The van der Waals surface area contributed by atoms with Crippen molar-refractivity contribution in [2.45, 2.75) is 32.5 Å². The maximum absolute atomic E-state index is 12.7. The quantitative estimate of drug-likeness (QED) is 0.823. The summed E-state index contributed by atoms with van der Waals surface area (Å²) in [5.41, 5.74) is 0.505. The fourth-order valence-corrected chi connectivity index (χ4v) is 1.48. The Morgan fingerprint density at radius 1 is 1.12 bits per heavy atom. The number of benzene rings is 1. The van der Waals surface area contributed by atoms with Crippen molar-refractivity contribution in [3.8, 4) is 0 Å². The maximum atomic E-state index is 12.7. The number of rotatable bonds is 4. The lowest BCUT2D eigenvalue weighted by atomic mass is 10.0. The molecule has 1 aromatic carbocycles. The topological polar surface area (TPSA) is 12.0 Å². The number of halogens is 3. The van der Waals surface area contributed by atoms with Gasteiger partial charge in [-0.2, -0.15) is 13.2 Å². The Morgan fingerprint density at radius 3 is 2.12 bits per heavy atom. The largest absolute Gasteiger partial charge is 0.408 e. The number of hydrogen-bond acceptors (Lipinski definition) is 1. The van der Waals surface area contributed by atoms with Gasteiger partial charge in [0.2, 0.25) is 0 Å². The predicted molar refractivity (Wildman–Crippen MR) is 59.4 cm³/mol. The van der Waals surface area contributed by atoms with E-state index in [9.17, 15) is 13.2 Å². The van der Waals surface area contributed by atoms with Crippen molar-refractivity contribution in [1.29, 1.82) is 0 Å². The molecule has 0 radical (unpaired) electrons. The molecule has 1 rings (SSSR count). The second-order valence-corrected chi connectivity index (χ2v) is 4.23. The first-order chi connectivity index (χ1) is 7.39. The summed E-state index contributed by atoms with van der Waals surface area (Å²) in [7, 11) is 0. The molecule has 1 unspecified atom stereocenters. The Kier molecular flexibility index (Phi) is 4.21. The second-order valence-electron chi connectivity index (χ2n) is 4.23. The first-order valence-corrected chi connectivity index (χ1v) is 5.28. The average molecular weight is 231 g/mol. The lowest BCUT2D eigenvalue weighted by Crippen LogP contribution is -2.37. The standard InChI is InChI=1S/C12H16F3N/c1-9(2)8-11(12(13,14)15)16-10-6-4-3-5-7-10/h3-7,9,11,16H,8H2,1-2H3. The van der Waals surface area contributed by atoms with Gasteiger partial charge in [0.1, 0.15) is 6.04 Å². The summed E-state index contributed by atoms with van der Waals surface area (Å²) >= 11 is 0. The van der Waals surface area contributed by atoms with Crippen molar-refractivity contribution in [3.05, 3.63) is 30.3 Å². The van der Waals surface area contributed by atoms with Crippen LogP contribution in [0.1, 0.15) is 20.3 Å². The number of alkyl halides is 3. The monoisotopic (exact) mass is 231 g/mol. The van der Waals surface area contributed by atoms with E-state index in [4.69, 9.17) is 0 Å². The van der Waals surface area contributed by atoms with Crippen molar-refractivity contribution in [1.82, 2.24) is 0 Å². The van der Waals surface area contributed by atoms with Crippen LogP contribution >= 0.6 is 0 Å². The fourth-order valence-electron chi connectivity index (χ4n) is 1.48. The molecule has 1 nitrogen and oxygen atoms in total. The van der Waals surface area contributed by atoms with E-state index in [2.05, 4.69) is 5.32 Å². The molecule has 1 N–H and O–H groups in total. The Morgan fingerprint density at radius 2 is 1.69 bits per heavy atom. The Hall–Kier alpha value is -1.19. The smallest absolute Gasteiger partial charge is 0.374 e. The summed E-state index contributed by atoms with van der Waals surface area (Å²) in [4.78, 5) is 0. The molecule has 0 aliphatic carbocycles. The minimum absolute atomic E-state index is 0.00263. The summed E-state index contributed by atoms with van der Waals surface area (Å²) in [5, 5.41) is 2.53. The van der Waals surface area contributed by atoms with Crippen LogP contribution in [0, 0.1) is 5.92 Å². The van der Waals surface area contributed by atoms with Gasteiger partial charge in [0.15, 0.2) is 0 Å². The normalized spacial score (nSPS) is 13.9. The number of hydrogen-bond donors (Lipinski definition) is 1. The zero-order valence-corrected chi connectivity index (χ0v) is 9.38. The third kappa shape index (κ3) is 4.13. The Labute approximate surface area is 93.7 Å². The van der Waals surface area contributed by atoms with Crippen LogP contribution in [0.25, 0.3) is 0 Å². The molecule has 0 fully saturated rings. The fraction of sp³-hybridized carbons (Fsp3) is 0.500. The van der Waals surface area contributed by atoms with Gasteiger partial charge < -0.3 is 5.32 Å². The van der Waals surface area contributed by atoms with Gasteiger partial charge in [0.25, 0.3) is 0 Å². The van der Waals surface area contributed by atoms with Gasteiger partial charge in [0, 0.05) is 5.69 Å². The molecular formula is C12H16F3N. The van der Waals surface area contributed by atoms with E-state index in [1.165, 1.54) is 0 Å². The first-order valence-electron chi connectivity index (χ1n) is 5.28. The van der Waals surface area contributed by atoms with Crippen LogP contribution in [-0.4, -0.2) is 12.2 Å². The third-order valence-corrected chi connectivity index (χ3v) is 2.22. The number of anilines is 1. The first kappa shape index (κ1) is 12.9. The summed E-state index contributed by atoms with van der Waals surface area (Å²) in [6, 6.07) is 7.00. The van der Waals surface area contributed by atoms with Crippen molar-refractivity contribution in [2.24, 2.45) is 5.92 Å². The molecular weight excluding hydrogens is 215 g/mol. The highest BCUT2D eigenvalue weighted by molar-refractivity contribution is 5.43. The molecule has 16 heavy (non-hydrogen) atoms. The van der Waals surface area contributed by atoms with Crippen LogP contribution < -0.4 is 5.32 Å². The highest BCUT2D eigenvalue weighted by Crippen LogP contribution is 2.28. The van der Waals surface area contributed by atoms with Gasteiger partial charge >= 0.3 is 6.18 Å². The minimum atomic E-state index is -4.21. The molecule has 0 aliphatic rings. The Balaban J connectivity index is 2.72. The van der Waals surface area contributed by atoms with Crippen molar-refractivity contribution >= 4 is 5.69 Å². The SMILES string of the molecule is CC(C)CC(Nc1ccccc1)C(F)(F)F. The molecule has 0 heterocycles. The lowest BCUT2D eigenvalue weighted by molar-refractivity contribution is -0.145. The summed E-state index contributed by atoms with van der Waals surface area (Å²) in [6.45, 7) is 3.57. The van der Waals surface area contributed by atoms with E-state index < -0.39 is 12.2 Å². The van der Waals surface area contributed by atoms with Gasteiger partial charge in [-0.1, -0.05) is 32.0 Å². The van der Waals surface area contributed by atoms with Gasteiger partial charge in [-0.3, -0.25) is 0 Å². The van der Waals surface area contributed by atoms with Crippen LogP contribution in [0.15, 0.2) is 30.3 Å². The molecule has 0 amide bonds. The van der Waals surface area contributed by atoms with Crippen LogP contribution in [0.3, 0.4) is 0 Å². The predicted octanol–water partition coefficient (Wildman–Crippen LogP) is 4.08. The van der Waals surface area contributed by atoms with Gasteiger partial charge in [0.05, 0.1) is 0 Å². The minimum Gasteiger partial charge on any atom is -0.374 e. The van der Waals surface area contributed by atoms with Crippen molar-refractivity contribution in [3.63, 3.8) is 0 Å². The summed E-state index contributed by atoms with van der Waals surface area (Å²) in [6.07, 6.45) is -4.13. The summed E-state index contributed by atoms with van der Waals surface area (Å²) in [5.74, 6) is 0.00263. The summed E-state index contributed by atoms with van der Waals surface area (Å²) < 4.78 is 38.1. The molecule has 0 spiro atoms. The van der Waals surface area contributed by atoms with Crippen LogP contribution in [0.5, 0.6) is 0 Å². The zero-order valence-electron chi connectivity index (χ0n) is 9.38. The molecule has 0 saturated heterocycles. The van der Waals surface area contributed by atoms with Crippen LogP contribution in [-0.2, 0) is 0 Å². The maximum Gasteiger partial charge on any atom is 0.408 e. The molecule has 0 bridgehead atoms. The Bertz CT molecular complexity index is 306. The lowest BCUT2D eigenvalue weighted by Gasteiger charge is -2.24. The van der Waals surface area contributed by atoms with Gasteiger partial charge in [-0.05, 0) is 24.5 Å². The molecule has 0 aliphatic heterocycles. The molecule has 4 heteroatoms. The van der Waals surface area contributed by atoms with E-state index in [1.54, 1.807) is 44.2 Å². The van der Waals surface area contributed by atoms with E-state index in [1.807, 2.05) is 0 Å². The molecule has 1 aromatic rings. The molecule has 1 atom stereocenters. The van der Waals surface area contributed by atoms with E-state index in [-0.39, 0.29) is 12.3 Å². The van der Waals surface area contributed by atoms with E-state index >= 15 is 0 Å². The van der Waals surface area contributed by atoms with Crippen molar-refractivity contribution in [2.75, 3.05) is 5.32 Å². The van der Waals surface area contributed by atoms with Crippen LogP contribution in [0.2, 0.25) is 0 Å². The molecule has 90 valence electrons. The number of nitrogens with one attached hydrogen (secondary N) is 1. The van der Waals surface area contributed by atoms with E-state index in [0.717, 1.165) is 0 Å². The molecule has 0 saturated carbocycles. The average Bonchev–Trinajstić information content (AvgIpc) is 2.16. The van der Waals surface area contributed by atoms with E-state index in [0.29, 0.717) is 5.69 Å². The number of para-hydroxylation sites is 1. The van der Waals surface area contributed by atoms with Crippen LogP contribution in [0.4, 0.5) is 18.9 Å². The highest BCUT2D eigenvalue weighted by Gasteiger charge is 2.39.